The van der Waals surface area contributed by atoms with Crippen LogP contribution in [-0.4, -0.2) is 18.0 Å². The lowest BCUT2D eigenvalue weighted by atomic mass is 10.2. The van der Waals surface area contributed by atoms with Crippen LogP contribution in [0.3, 0.4) is 0 Å². The predicted octanol–water partition coefficient (Wildman–Crippen LogP) is 4.34. The maximum atomic E-state index is 12.1. The predicted molar refractivity (Wildman–Crippen MR) is 98.5 cm³/mol. The van der Waals surface area contributed by atoms with Gasteiger partial charge in [0.05, 0.1) is 0 Å². The quantitative estimate of drug-likeness (QED) is 0.613. The van der Waals surface area contributed by atoms with Crippen LogP contribution in [0.15, 0.2) is 59.1 Å². The van der Waals surface area contributed by atoms with Crippen molar-refractivity contribution >= 4 is 39.6 Å². The largest absolute Gasteiger partial charge is 0.449 e. The Morgan fingerprint density at radius 2 is 1.92 bits per heavy atom. The lowest BCUT2D eigenvalue weighted by Crippen LogP contribution is -2.29. The number of esters is 1. The van der Waals surface area contributed by atoms with Gasteiger partial charge in [-0.3, -0.25) is 4.79 Å². The Kier molecular flexibility index (Phi) is 6.32. The van der Waals surface area contributed by atoms with Crippen molar-refractivity contribution in [3.8, 4) is 0 Å². The number of benzene rings is 2. The second kappa shape index (κ2) is 8.45. The van der Waals surface area contributed by atoms with Crippen molar-refractivity contribution in [3.05, 3.63) is 70.2 Å². The SMILES string of the molecule is Cc1cccc(NC(=O)[C@H](C)OC(=O)/C=C/c2cccc(Br)c2)c1. The molecule has 0 aliphatic carbocycles. The average Bonchev–Trinajstić information content (AvgIpc) is 2.53. The van der Waals surface area contributed by atoms with Gasteiger partial charge >= 0.3 is 5.97 Å². The topological polar surface area (TPSA) is 55.4 Å². The molecular weight excluding hydrogens is 370 g/mol. The van der Waals surface area contributed by atoms with Crippen LogP contribution in [0.4, 0.5) is 5.69 Å². The Morgan fingerprint density at radius 3 is 2.62 bits per heavy atom. The molecule has 0 aliphatic heterocycles. The first-order valence-electron chi connectivity index (χ1n) is 7.46. The molecule has 2 aromatic carbocycles. The van der Waals surface area contributed by atoms with Crippen molar-refractivity contribution in [3.63, 3.8) is 0 Å². The van der Waals surface area contributed by atoms with E-state index in [9.17, 15) is 9.59 Å². The Hall–Kier alpha value is -2.40. The summed E-state index contributed by atoms with van der Waals surface area (Å²) >= 11 is 3.36. The molecule has 0 saturated heterocycles. The molecule has 0 fully saturated rings. The molecule has 124 valence electrons. The molecular formula is C19H18BrNO3. The van der Waals surface area contributed by atoms with Crippen LogP contribution in [0.25, 0.3) is 6.08 Å². The van der Waals surface area contributed by atoms with Gasteiger partial charge in [-0.25, -0.2) is 4.79 Å². The van der Waals surface area contributed by atoms with Crippen LogP contribution in [-0.2, 0) is 14.3 Å². The first kappa shape index (κ1) is 17.9. The summed E-state index contributed by atoms with van der Waals surface area (Å²) in [6.07, 6.45) is 2.06. The third kappa shape index (κ3) is 5.66. The molecule has 5 heteroatoms. The number of carbonyl (C=O) groups is 2. The van der Waals surface area contributed by atoms with Gasteiger partial charge in [0.15, 0.2) is 6.10 Å². The smallest absolute Gasteiger partial charge is 0.331 e. The number of anilines is 1. The second-order valence-corrected chi connectivity index (χ2v) is 6.24. The molecule has 0 saturated carbocycles. The number of hydrogen-bond acceptors (Lipinski definition) is 3. The van der Waals surface area contributed by atoms with Crippen molar-refractivity contribution in [2.45, 2.75) is 20.0 Å². The minimum absolute atomic E-state index is 0.371. The number of aryl methyl sites for hydroxylation is 1. The van der Waals surface area contributed by atoms with E-state index in [1.54, 1.807) is 12.1 Å². The minimum Gasteiger partial charge on any atom is -0.449 e. The number of nitrogens with one attached hydrogen (secondary N) is 1. The van der Waals surface area contributed by atoms with E-state index in [1.807, 2.05) is 49.4 Å². The van der Waals surface area contributed by atoms with Crippen LogP contribution < -0.4 is 5.32 Å². The third-order valence-corrected chi connectivity index (χ3v) is 3.70. The Labute approximate surface area is 149 Å². The molecule has 1 N–H and O–H groups in total. The van der Waals surface area contributed by atoms with Gasteiger partial charge < -0.3 is 10.1 Å². The van der Waals surface area contributed by atoms with E-state index in [0.717, 1.165) is 15.6 Å². The zero-order valence-electron chi connectivity index (χ0n) is 13.5. The van der Waals surface area contributed by atoms with Crippen molar-refractivity contribution in [1.82, 2.24) is 0 Å². The Morgan fingerprint density at radius 1 is 1.17 bits per heavy atom. The summed E-state index contributed by atoms with van der Waals surface area (Å²) in [6.45, 7) is 3.47. The number of ether oxygens (including phenoxy) is 1. The van der Waals surface area contributed by atoms with E-state index in [1.165, 1.54) is 13.0 Å². The molecule has 1 amide bonds. The average molecular weight is 388 g/mol. The lowest BCUT2D eigenvalue weighted by Gasteiger charge is -2.12. The van der Waals surface area contributed by atoms with Gasteiger partial charge in [-0.2, -0.15) is 0 Å². The number of halogens is 1. The molecule has 0 aromatic heterocycles. The minimum atomic E-state index is -0.884. The van der Waals surface area contributed by atoms with E-state index in [-0.39, 0.29) is 5.91 Å². The van der Waals surface area contributed by atoms with Crippen molar-refractivity contribution in [1.29, 1.82) is 0 Å². The van der Waals surface area contributed by atoms with Crippen LogP contribution >= 0.6 is 15.9 Å². The highest BCUT2D eigenvalue weighted by Crippen LogP contribution is 2.13. The zero-order chi connectivity index (χ0) is 17.5. The van der Waals surface area contributed by atoms with Gasteiger partial charge in [-0.05, 0) is 55.3 Å². The Balaban J connectivity index is 1.89. The molecule has 2 rings (SSSR count). The van der Waals surface area contributed by atoms with Crippen LogP contribution in [0.2, 0.25) is 0 Å². The summed E-state index contributed by atoms with van der Waals surface area (Å²) in [5.74, 6) is -0.938. The number of rotatable bonds is 5. The molecule has 0 spiro atoms. The fraction of sp³-hybridized carbons (Fsp3) is 0.158. The highest BCUT2D eigenvalue weighted by atomic mass is 79.9. The zero-order valence-corrected chi connectivity index (χ0v) is 15.0. The summed E-state index contributed by atoms with van der Waals surface area (Å²) in [5.41, 5.74) is 2.57. The standard InChI is InChI=1S/C19H18BrNO3/c1-13-5-3-8-17(11-13)21-19(23)14(2)24-18(22)10-9-15-6-4-7-16(20)12-15/h3-12,14H,1-2H3,(H,21,23)/b10-9+/t14-/m0/s1. The van der Waals surface area contributed by atoms with Gasteiger partial charge in [0.2, 0.25) is 0 Å². The highest BCUT2D eigenvalue weighted by Gasteiger charge is 2.16. The number of amides is 1. The van der Waals surface area contributed by atoms with Gasteiger partial charge in [-0.15, -0.1) is 0 Å². The van der Waals surface area contributed by atoms with Crippen molar-refractivity contribution in [2.24, 2.45) is 0 Å². The van der Waals surface area contributed by atoms with E-state index >= 15 is 0 Å². The van der Waals surface area contributed by atoms with Gasteiger partial charge in [0.25, 0.3) is 5.91 Å². The van der Waals surface area contributed by atoms with Crippen LogP contribution in [0.5, 0.6) is 0 Å². The maximum Gasteiger partial charge on any atom is 0.331 e. The number of carbonyl (C=O) groups excluding carboxylic acids is 2. The molecule has 0 radical (unpaired) electrons. The second-order valence-electron chi connectivity index (χ2n) is 5.33. The van der Waals surface area contributed by atoms with Gasteiger partial charge in [0, 0.05) is 16.2 Å². The first-order valence-corrected chi connectivity index (χ1v) is 8.25. The summed E-state index contributed by atoms with van der Waals surface area (Å²) in [7, 11) is 0. The highest BCUT2D eigenvalue weighted by molar-refractivity contribution is 9.10. The molecule has 4 nitrogen and oxygen atoms in total. The first-order chi connectivity index (χ1) is 11.4. The van der Waals surface area contributed by atoms with E-state index in [0.29, 0.717) is 5.69 Å². The Bertz CT molecular complexity index is 771. The fourth-order valence-corrected chi connectivity index (χ4v) is 2.43. The monoisotopic (exact) mass is 387 g/mol. The van der Waals surface area contributed by atoms with Crippen LogP contribution in [0.1, 0.15) is 18.1 Å². The van der Waals surface area contributed by atoms with Crippen molar-refractivity contribution in [2.75, 3.05) is 5.32 Å². The van der Waals surface area contributed by atoms with E-state index < -0.39 is 12.1 Å². The van der Waals surface area contributed by atoms with Crippen molar-refractivity contribution < 1.29 is 14.3 Å². The summed E-state index contributed by atoms with van der Waals surface area (Å²) in [6, 6.07) is 14.9. The molecule has 0 heterocycles. The van der Waals surface area contributed by atoms with Crippen LogP contribution in [0, 0.1) is 6.92 Å². The fourth-order valence-electron chi connectivity index (χ4n) is 2.01. The summed E-state index contributed by atoms with van der Waals surface area (Å²) in [5, 5.41) is 2.72. The third-order valence-electron chi connectivity index (χ3n) is 3.21. The molecule has 2 aromatic rings. The molecule has 0 unspecified atom stereocenters. The van der Waals surface area contributed by atoms with Gasteiger partial charge in [-0.1, -0.05) is 40.2 Å². The van der Waals surface area contributed by atoms with E-state index in [4.69, 9.17) is 4.74 Å². The molecule has 0 bridgehead atoms. The summed E-state index contributed by atoms with van der Waals surface area (Å²) in [4.78, 5) is 23.9. The molecule has 24 heavy (non-hydrogen) atoms. The molecule has 0 aliphatic rings. The maximum absolute atomic E-state index is 12.1. The number of hydrogen-bond donors (Lipinski definition) is 1. The lowest BCUT2D eigenvalue weighted by molar-refractivity contribution is -0.148. The van der Waals surface area contributed by atoms with E-state index in [2.05, 4.69) is 21.2 Å². The van der Waals surface area contributed by atoms with Gasteiger partial charge in [0.1, 0.15) is 0 Å². The normalized spacial score (nSPS) is 12.0. The molecule has 1 atom stereocenters. The summed E-state index contributed by atoms with van der Waals surface area (Å²) < 4.78 is 6.04.